The number of carbonyl (C=O) groups is 2. The second kappa shape index (κ2) is 6.60. The number of nitriles is 1. The van der Waals surface area contributed by atoms with Crippen LogP contribution >= 0.6 is 11.6 Å². The second-order valence-corrected chi connectivity index (χ2v) is 5.02. The Labute approximate surface area is 131 Å². The normalized spacial score (nSPS) is 20.4. The van der Waals surface area contributed by atoms with Gasteiger partial charge < -0.3 is 20.1 Å². The number of likely N-dealkylation sites (tertiary alicyclic amines) is 1. The number of carbonyl (C=O) groups excluding carboxylic acids is 2. The van der Waals surface area contributed by atoms with Crippen molar-refractivity contribution in [3.05, 3.63) is 23.0 Å². The Kier molecular flexibility index (Phi) is 4.80. The molecule has 2 heterocycles. The molecule has 1 aliphatic rings. The lowest BCUT2D eigenvalue weighted by Gasteiger charge is -2.24. The monoisotopic (exact) mass is 324 g/mol. The molecule has 1 aromatic rings. The highest BCUT2D eigenvalue weighted by Crippen LogP contribution is 2.22. The van der Waals surface area contributed by atoms with Gasteiger partial charge in [-0.25, -0.2) is 14.6 Å². The summed E-state index contributed by atoms with van der Waals surface area (Å²) in [5.41, 5.74) is 0.322. The molecule has 1 aromatic heterocycles. The maximum atomic E-state index is 12.2. The van der Waals surface area contributed by atoms with E-state index in [4.69, 9.17) is 16.9 Å². The first kappa shape index (κ1) is 16.0. The van der Waals surface area contributed by atoms with Gasteiger partial charge in [-0.15, -0.1) is 0 Å². The van der Waals surface area contributed by atoms with Gasteiger partial charge in [-0.05, 0) is 12.5 Å². The summed E-state index contributed by atoms with van der Waals surface area (Å²) in [6.45, 7) is 0.213. The zero-order valence-electron chi connectivity index (χ0n) is 11.6. The summed E-state index contributed by atoms with van der Waals surface area (Å²) < 4.78 is 4.59. The molecule has 0 saturated carbocycles. The molecule has 0 spiro atoms. The number of aromatic nitrogens is 1. The number of esters is 1. The van der Waals surface area contributed by atoms with Crippen LogP contribution in [0.3, 0.4) is 0 Å². The molecule has 116 valence electrons. The van der Waals surface area contributed by atoms with Crippen molar-refractivity contribution in [2.24, 2.45) is 0 Å². The number of amides is 2. The van der Waals surface area contributed by atoms with Crippen LogP contribution in [-0.2, 0) is 9.53 Å². The standard InChI is InChI=1S/C13H13ClN4O4/c1-22-12(20)11-10(19)2-3-18(11)13(21)17-7-4-8(14)9(5-15)16-6-7/h4,6,10-11,19H,2-3H2,1H3,(H,17,21). The Morgan fingerprint density at radius 1 is 1.64 bits per heavy atom. The minimum atomic E-state index is -1.05. The lowest BCUT2D eigenvalue weighted by Crippen LogP contribution is -2.47. The van der Waals surface area contributed by atoms with E-state index < -0.39 is 24.1 Å². The third kappa shape index (κ3) is 3.10. The van der Waals surface area contributed by atoms with Crippen LogP contribution < -0.4 is 5.32 Å². The van der Waals surface area contributed by atoms with Crippen molar-refractivity contribution in [1.82, 2.24) is 9.88 Å². The van der Waals surface area contributed by atoms with Crippen LogP contribution in [0.2, 0.25) is 5.02 Å². The summed E-state index contributed by atoms with van der Waals surface area (Å²) in [6.07, 6.45) is 0.586. The maximum Gasteiger partial charge on any atom is 0.331 e. The van der Waals surface area contributed by atoms with Gasteiger partial charge in [0.25, 0.3) is 0 Å². The topological polar surface area (TPSA) is 116 Å². The van der Waals surface area contributed by atoms with Gasteiger partial charge >= 0.3 is 12.0 Å². The predicted molar refractivity (Wildman–Crippen MR) is 76.1 cm³/mol. The number of methoxy groups -OCH3 is 1. The van der Waals surface area contributed by atoms with Crippen molar-refractivity contribution in [2.75, 3.05) is 19.0 Å². The smallest absolute Gasteiger partial charge is 0.331 e. The van der Waals surface area contributed by atoms with Crippen molar-refractivity contribution in [2.45, 2.75) is 18.6 Å². The number of urea groups is 1. The van der Waals surface area contributed by atoms with Crippen LogP contribution in [-0.4, -0.2) is 52.8 Å². The molecular formula is C13H13ClN4O4. The van der Waals surface area contributed by atoms with Gasteiger partial charge in [-0.2, -0.15) is 5.26 Å². The third-order valence-corrected chi connectivity index (χ3v) is 3.56. The molecule has 2 rings (SSSR count). The molecule has 22 heavy (non-hydrogen) atoms. The third-order valence-electron chi connectivity index (χ3n) is 3.27. The van der Waals surface area contributed by atoms with E-state index in [1.807, 2.05) is 0 Å². The molecule has 0 radical (unpaired) electrons. The molecule has 9 heteroatoms. The summed E-state index contributed by atoms with van der Waals surface area (Å²) in [5.74, 6) is -0.684. The van der Waals surface area contributed by atoms with Crippen molar-refractivity contribution >= 4 is 29.3 Å². The van der Waals surface area contributed by atoms with Crippen LogP contribution in [0.5, 0.6) is 0 Å². The van der Waals surface area contributed by atoms with Crippen molar-refractivity contribution in [3.63, 3.8) is 0 Å². The van der Waals surface area contributed by atoms with Crippen molar-refractivity contribution < 1.29 is 19.4 Å². The number of ether oxygens (including phenoxy) is 1. The molecule has 1 fully saturated rings. The zero-order valence-corrected chi connectivity index (χ0v) is 12.4. The highest BCUT2D eigenvalue weighted by Gasteiger charge is 2.41. The van der Waals surface area contributed by atoms with Gasteiger partial charge in [0.15, 0.2) is 11.7 Å². The van der Waals surface area contributed by atoms with Gasteiger partial charge in [-0.1, -0.05) is 11.6 Å². The number of hydrogen-bond donors (Lipinski definition) is 2. The Balaban J connectivity index is 2.13. The van der Waals surface area contributed by atoms with Gasteiger partial charge in [0.2, 0.25) is 0 Å². The largest absolute Gasteiger partial charge is 0.467 e. The molecule has 2 N–H and O–H groups in total. The molecule has 0 bridgehead atoms. The summed E-state index contributed by atoms with van der Waals surface area (Å²) in [5, 5.41) is 21.2. The molecule has 0 aliphatic carbocycles. The van der Waals surface area contributed by atoms with E-state index in [0.717, 1.165) is 0 Å². The van der Waals surface area contributed by atoms with Crippen LogP contribution in [0.15, 0.2) is 12.3 Å². The summed E-state index contributed by atoms with van der Waals surface area (Å²) in [4.78, 5) is 28.9. The average Bonchev–Trinajstić information content (AvgIpc) is 2.88. The van der Waals surface area contributed by atoms with Crippen LogP contribution in [0.4, 0.5) is 10.5 Å². The highest BCUT2D eigenvalue weighted by molar-refractivity contribution is 6.31. The Hall–Kier alpha value is -2.37. The van der Waals surface area contributed by atoms with E-state index in [1.165, 1.54) is 24.3 Å². The first-order chi connectivity index (χ1) is 10.5. The Morgan fingerprint density at radius 3 is 2.95 bits per heavy atom. The van der Waals surface area contributed by atoms with E-state index in [9.17, 15) is 14.7 Å². The number of halogens is 1. The number of aliphatic hydroxyl groups is 1. The van der Waals surface area contributed by atoms with Crippen LogP contribution in [0.1, 0.15) is 12.1 Å². The van der Waals surface area contributed by atoms with Gasteiger partial charge in [0.1, 0.15) is 6.07 Å². The molecule has 2 atom stereocenters. The summed E-state index contributed by atoms with van der Waals surface area (Å²) in [6, 6.07) is 1.55. The SMILES string of the molecule is COC(=O)C1C(O)CCN1C(=O)Nc1cnc(C#N)c(Cl)c1. The number of nitrogens with zero attached hydrogens (tertiary/aromatic N) is 3. The number of rotatable bonds is 2. The van der Waals surface area contributed by atoms with Crippen molar-refractivity contribution in [1.29, 1.82) is 5.26 Å². The highest BCUT2D eigenvalue weighted by atomic mass is 35.5. The number of anilines is 1. The van der Waals surface area contributed by atoms with E-state index >= 15 is 0 Å². The maximum absolute atomic E-state index is 12.2. The molecular weight excluding hydrogens is 312 g/mol. The fourth-order valence-corrected chi connectivity index (χ4v) is 2.40. The van der Waals surface area contributed by atoms with Crippen LogP contribution in [0.25, 0.3) is 0 Å². The van der Waals surface area contributed by atoms with E-state index in [0.29, 0.717) is 0 Å². The number of aliphatic hydroxyl groups excluding tert-OH is 1. The summed E-state index contributed by atoms with van der Waals surface area (Å²) in [7, 11) is 1.19. The minimum absolute atomic E-state index is 0.0451. The fourth-order valence-electron chi connectivity index (χ4n) is 2.19. The molecule has 2 amide bonds. The Bertz CT molecular complexity index is 645. The van der Waals surface area contributed by atoms with E-state index in [-0.39, 0.29) is 29.4 Å². The number of pyridine rings is 1. The Morgan fingerprint density at radius 2 is 2.36 bits per heavy atom. The molecule has 1 saturated heterocycles. The number of nitrogens with one attached hydrogen (secondary N) is 1. The van der Waals surface area contributed by atoms with Gasteiger partial charge in [-0.3, -0.25) is 0 Å². The van der Waals surface area contributed by atoms with E-state index in [1.54, 1.807) is 6.07 Å². The molecule has 8 nitrogen and oxygen atoms in total. The lowest BCUT2D eigenvalue weighted by molar-refractivity contribution is -0.147. The molecule has 2 unspecified atom stereocenters. The van der Waals surface area contributed by atoms with E-state index in [2.05, 4.69) is 15.0 Å². The van der Waals surface area contributed by atoms with Crippen LogP contribution in [0, 0.1) is 11.3 Å². The fraction of sp³-hybridized carbons (Fsp3) is 0.385. The second-order valence-electron chi connectivity index (χ2n) is 4.61. The summed E-state index contributed by atoms with van der Waals surface area (Å²) >= 11 is 5.83. The molecule has 1 aliphatic heterocycles. The quantitative estimate of drug-likeness (QED) is 0.775. The van der Waals surface area contributed by atoms with Gasteiger partial charge in [0, 0.05) is 6.54 Å². The minimum Gasteiger partial charge on any atom is -0.467 e. The zero-order chi connectivity index (χ0) is 16.3. The lowest BCUT2D eigenvalue weighted by atomic mass is 10.2. The predicted octanol–water partition coefficient (Wildman–Crippen LogP) is 0.747. The first-order valence-corrected chi connectivity index (χ1v) is 6.75. The first-order valence-electron chi connectivity index (χ1n) is 6.37. The number of hydrogen-bond acceptors (Lipinski definition) is 6. The van der Waals surface area contributed by atoms with Gasteiger partial charge in [0.05, 0.1) is 30.1 Å². The molecule has 0 aromatic carbocycles. The average molecular weight is 325 g/mol. The van der Waals surface area contributed by atoms with Crippen molar-refractivity contribution in [3.8, 4) is 6.07 Å².